The number of nitrogens with zero attached hydrogens (tertiary/aromatic N) is 5. The number of aliphatic hydroxyl groups is 1. The molecular formula is C13H11N5O. The maximum absolute atomic E-state index is 9.53. The van der Waals surface area contributed by atoms with Gasteiger partial charge >= 0.3 is 0 Å². The SMILES string of the molecule is [2H]c1cnc2cnc(N(CO)c3ccccc3)nc2n1. The van der Waals surface area contributed by atoms with Gasteiger partial charge in [0, 0.05) is 18.1 Å². The van der Waals surface area contributed by atoms with Gasteiger partial charge in [0.05, 0.1) is 7.57 Å². The number of aliphatic hydroxyl groups excluding tert-OH is 1. The molecule has 0 amide bonds. The van der Waals surface area contributed by atoms with Crippen molar-refractivity contribution in [2.45, 2.75) is 0 Å². The minimum absolute atomic E-state index is 0.0393. The van der Waals surface area contributed by atoms with E-state index in [0.717, 1.165) is 5.69 Å². The molecule has 19 heavy (non-hydrogen) atoms. The molecule has 0 aliphatic carbocycles. The van der Waals surface area contributed by atoms with Gasteiger partial charge in [-0.15, -0.1) is 0 Å². The number of hydrogen-bond acceptors (Lipinski definition) is 6. The Kier molecular flexibility index (Phi) is 2.69. The summed E-state index contributed by atoms with van der Waals surface area (Å²) >= 11 is 0. The summed E-state index contributed by atoms with van der Waals surface area (Å²) in [5.41, 5.74) is 1.61. The van der Waals surface area contributed by atoms with E-state index >= 15 is 0 Å². The van der Waals surface area contributed by atoms with Crippen LogP contribution in [-0.4, -0.2) is 31.8 Å². The van der Waals surface area contributed by atoms with Crippen LogP contribution < -0.4 is 4.90 Å². The standard InChI is InChI=1S/C13H11N5O/c19-9-18(10-4-2-1-3-5-10)13-16-8-11-12(17-13)15-7-6-14-11/h1-8,19H,9H2/i7D. The Bertz CT molecular complexity index is 737. The van der Waals surface area contributed by atoms with Crippen LogP contribution in [0, 0.1) is 0 Å². The summed E-state index contributed by atoms with van der Waals surface area (Å²) in [6.07, 6.45) is 2.90. The molecule has 0 radical (unpaired) electrons. The number of rotatable bonds is 3. The highest BCUT2D eigenvalue weighted by atomic mass is 16.3. The monoisotopic (exact) mass is 254 g/mol. The molecule has 0 aliphatic rings. The van der Waals surface area contributed by atoms with Gasteiger partial charge in [-0.3, -0.25) is 4.90 Å². The van der Waals surface area contributed by atoms with E-state index in [-0.39, 0.29) is 12.9 Å². The summed E-state index contributed by atoms with van der Waals surface area (Å²) in [4.78, 5) is 18.0. The maximum Gasteiger partial charge on any atom is 0.233 e. The summed E-state index contributed by atoms with van der Waals surface area (Å²) in [5.74, 6) is 0.311. The van der Waals surface area contributed by atoms with E-state index in [4.69, 9.17) is 1.37 Å². The van der Waals surface area contributed by atoms with Crippen LogP contribution in [0.15, 0.2) is 48.9 Å². The highest BCUT2D eigenvalue weighted by molar-refractivity contribution is 5.70. The Labute approximate surface area is 110 Å². The van der Waals surface area contributed by atoms with Crippen LogP contribution in [0.5, 0.6) is 0 Å². The normalized spacial score (nSPS) is 11.3. The third-order valence-electron chi connectivity index (χ3n) is 2.62. The van der Waals surface area contributed by atoms with Gasteiger partial charge in [-0.1, -0.05) is 18.2 Å². The van der Waals surface area contributed by atoms with E-state index < -0.39 is 0 Å². The zero-order valence-corrected chi connectivity index (χ0v) is 9.93. The minimum Gasteiger partial charge on any atom is -0.376 e. The first kappa shape index (κ1) is 10.3. The second kappa shape index (κ2) is 4.95. The number of anilines is 2. The molecule has 94 valence electrons. The van der Waals surface area contributed by atoms with Gasteiger partial charge in [-0.25, -0.2) is 15.0 Å². The molecule has 1 aromatic carbocycles. The second-order valence-electron chi connectivity index (χ2n) is 3.78. The van der Waals surface area contributed by atoms with Crippen LogP contribution in [-0.2, 0) is 0 Å². The molecule has 3 rings (SSSR count). The van der Waals surface area contributed by atoms with Crippen LogP contribution in [0.4, 0.5) is 11.6 Å². The van der Waals surface area contributed by atoms with E-state index in [1.54, 1.807) is 0 Å². The summed E-state index contributed by atoms with van der Waals surface area (Å²) in [6, 6.07) is 9.30. The maximum atomic E-state index is 9.53. The molecule has 3 aromatic rings. The molecule has 0 spiro atoms. The van der Waals surface area contributed by atoms with Crippen molar-refractivity contribution in [1.29, 1.82) is 0 Å². The van der Waals surface area contributed by atoms with Crippen molar-refractivity contribution >= 4 is 22.8 Å². The van der Waals surface area contributed by atoms with Gasteiger partial charge < -0.3 is 5.11 Å². The van der Waals surface area contributed by atoms with Crippen molar-refractivity contribution in [1.82, 2.24) is 19.9 Å². The summed E-state index contributed by atoms with van der Waals surface area (Å²) in [5, 5.41) is 9.53. The zero-order chi connectivity index (χ0) is 13.9. The fourth-order valence-corrected chi connectivity index (χ4v) is 1.72. The first-order chi connectivity index (χ1) is 9.78. The summed E-state index contributed by atoms with van der Waals surface area (Å²) in [7, 11) is 0. The molecule has 0 aliphatic heterocycles. The van der Waals surface area contributed by atoms with Gasteiger partial charge in [0.25, 0.3) is 0 Å². The van der Waals surface area contributed by atoms with Crippen molar-refractivity contribution in [3.63, 3.8) is 0 Å². The van der Waals surface area contributed by atoms with Crippen molar-refractivity contribution in [3.05, 3.63) is 48.9 Å². The first-order valence-electron chi connectivity index (χ1n) is 6.18. The second-order valence-corrected chi connectivity index (χ2v) is 3.78. The largest absolute Gasteiger partial charge is 0.376 e. The highest BCUT2D eigenvalue weighted by Crippen LogP contribution is 2.21. The summed E-state index contributed by atoms with van der Waals surface area (Å²) < 4.78 is 7.47. The fourth-order valence-electron chi connectivity index (χ4n) is 1.72. The lowest BCUT2D eigenvalue weighted by atomic mass is 10.3. The van der Waals surface area contributed by atoms with Gasteiger partial charge in [0.15, 0.2) is 5.65 Å². The first-order valence-corrected chi connectivity index (χ1v) is 5.68. The molecule has 0 fully saturated rings. The Morgan fingerprint density at radius 2 is 2.00 bits per heavy atom. The topological polar surface area (TPSA) is 75.0 Å². The van der Waals surface area contributed by atoms with E-state index in [1.807, 2.05) is 30.3 Å². The molecule has 0 bridgehead atoms. The third kappa shape index (κ3) is 2.21. The number of hydrogen-bond donors (Lipinski definition) is 1. The molecule has 1 N–H and O–H groups in total. The Morgan fingerprint density at radius 1 is 1.16 bits per heavy atom. The van der Waals surface area contributed by atoms with Gasteiger partial charge in [-0.2, -0.15) is 4.98 Å². The van der Waals surface area contributed by atoms with Crippen LogP contribution in [0.1, 0.15) is 1.37 Å². The Balaban J connectivity index is 2.08. The third-order valence-corrected chi connectivity index (χ3v) is 2.62. The number of para-hydroxylation sites is 1. The van der Waals surface area contributed by atoms with Gasteiger partial charge in [-0.05, 0) is 12.1 Å². The van der Waals surface area contributed by atoms with E-state index in [0.29, 0.717) is 17.1 Å². The fraction of sp³-hybridized carbons (Fsp3) is 0.0769. The Morgan fingerprint density at radius 3 is 2.79 bits per heavy atom. The Hall–Kier alpha value is -2.60. The molecule has 0 unspecified atom stereocenters. The predicted molar refractivity (Wildman–Crippen MR) is 70.8 cm³/mol. The van der Waals surface area contributed by atoms with Crippen molar-refractivity contribution < 1.29 is 6.48 Å². The van der Waals surface area contributed by atoms with E-state index in [1.165, 1.54) is 17.3 Å². The molecule has 6 nitrogen and oxygen atoms in total. The number of benzene rings is 1. The van der Waals surface area contributed by atoms with Crippen molar-refractivity contribution in [2.24, 2.45) is 0 Å². The average Bonchev–Trinajstić information content (AvgIpc) is 2.49. The molecule has 6 heteroatoms. The molecule has 2 aromatic heterocycles. The van der Waals surface area contributed by atoms with Gasteiger partial charge in [0.1, 0.15) is 12.2 Å². The van der Waals surface area contributed by atoms with Crippen molar-refractivity contribution in [3.8, 4) is 0 Å². The van der Waals surface area contributed by atoms with Crippen LogP contribution >= 0.6 is 0 Å². The smallest absolute Gasteiger partial charge is 0.233 e. The lowest BCUT2D eigenvalue weighted by molar-refractivity contribution is 0.303. The molecule has 0 saturated carbocycles. The van der Waals surface area contributed by atoms with Crippen LogP contribution in [0.2, 0.25) is 0 Å². The highest BCUT2D eigenvalue weighted by Gasteiger charge is 2.11. The average molecular weight is 254 g/mol. The summed E-state index contributed by atoms with van der Waals surface area (Å²) in [6.45, 7) is -0.260. The lowest BCUT2D eigenvalue weighted by Gasteiger charge is -2.19. The van der Waals surface area contributed by atoms with E-state index in [2.05, 4.69) is 19.9 Å². The van der Waals surface area contributed by atoms with E-state index in [9.17, 15) is 5.11 Å². The zero-order valence-electron chi connectivity index (χ0n) is 10.9. The molecular weight excluding hydrogens is 242 g/mol. The predicted octanol–water partition coefficient (Wildman–Crippen LogP) is 1.51. The quantitative estimate of drug-likeness (QED) is 0.714. The molecule has 0 atom stereocenters. The van der Waals surface area contributed by atoms with Gasteiger partial charge in [0.2, 0.25) is 5.95 Å². The van der Waals surface area contributed by atoms with Crippen molar-refractivity contribution in [2.75, 3.05) is 11.6 Å². The number of fused-ring (bicyclic) bond motifs is 1. The minimum atomic E-state index is -0.260. The molecule has 2 heterocycles. The van der Waals surface area contributed by atoms with Crippen LogP contribution in [0.25, 0.3) is 11.2 Å². The lowest BCUT2D eigenvalue weighted by Crippen LogP contribution is -2.20. The molecule has 0 saturated heterocycles. The number of aromatic nitrogens is 4. The van der Waals surface area contributed by atoms with Crippen LogP contribution in [0.3, 0.4) is 0 Å².